The highest BCUT2D eigenvalue weighted by Gasteiger charge is 2.80. The quantitative estimate of drug-likeness (QED) is 0.205. The van der Waals surface area contributed by atoms with Crippen molar-refractivity contribution in [2.45, 2.75) is 30.4 Å². The van der Waals surface area contributed by atoms with E-state index in [0.29, 0.717) is 21.8 Å². The fraction of sp³-hybridized carbons (Fsp3) is 0.182. The van der Waals surface area contributed by atoms with Gasteiger partial charge in [0, 0.05) is 10.6 Å². The minimum Gasteiger partial charge on any atom is -0.497 e. The molecule has 11 heteroatoms. The Labute approximate surface area is 256 Å². The zero-order chi connectivity index (χ0) is 31.1. The number of alkyl halides is 3. The molecule has 0 aliphatic carbocycles. The van der Waals surface area contributed by atoms with Gasteiger partial charge in [0.25, 0.3) is 0 Å². The molecule has 0 N–H and O–H groups in total. The van der Waals surface area contributed by atoms with Gasteiger partial charge in [0.1, 0.15) is 12.4 Å². The van der Waals surface area contributed by atoms with E-state index < -0.39 is 34.8 Å². The van der Waals surface area contributed by atoms with Gasteiger partial charge in [-0.15, -0.1) is 0 Å². The van der Waals surface area contributed by atoms with Gasteiger partial charge in [0.15, 0.2) is 0 Å². The van der Waals surface area contributed by atoms with Crippen molar-refractivity contribution in [1.29, 1.82) is 0 Å². The SMILES string of the molecule is COc1ccc(CN2C(=O)N3C=N[C@](C(=O)OCc4ccccc4)(c4ccccc4)C3(C(F)(F)F)c3cc(Cl)ccc32)cc1. The van der Waals surface area contributed by atoms with Crippen LogP contribution < -0.4 is 9.64 Å². The number of methoxy groups -OCH3 is 1. The summed E-state index contributed by atoms with van der Waals surface area (Å²) in [6, 6.07) is 25.6. The molecule has 224 valence electrons. The second kappa shape index (κ2) is 11.0. The van der Waals surface area contributed by atoms with E-state index in [1.54, 1.807) is 60.7 Å². The number of rotatable bonds is 7. The molecule has 2 atom stereocenters. The zero-order valence-corrected chi connectivity index (χ0v) is 24.0. The van der Waals surface area contributed by atoms with Gasteiger partial charge in [-0.2, -0.15) is 13.2 Å². The molecule has 1 unspecified atom stereocenters. The Hall–Kier alpha value is -4.83. The highest BCUT2D eigenvalue weighted by molar-refractivity contribution is 6.30. The van der Waals surface area contributed by atoms with Crippen LogP contribution in [-0.2, 0) is 33.8 Å². The van der Waals surface area contributed by atoms with Crippen LogP contribution in [0.4, 0.5) is 23.7 Å². The summed E-state index contributed by atoms with van der Waals surface area (Å²) >= 11 is 6.36. The Bertz CT molecular complexity index is 1740. The third kappa shape index (κ3) is 4.40. The molecule has 2 amide bonds. The fourth-order valence-electron chi connectivity index (χ4n) is 5.95. The van der Waals surface area contributed by atoms with Gasteiger partial charge in [-0.05, 0) is 47.0 Å². The molecule has 2 aliphatic rings. The smallest absolute Gasteiger partial charge is 0.419 e. The Morgan fingerprint density at radius 3 is 2.20 bits per heavy atom. The van der Waals surface area contributed by atoms with Crippen molar-refractivity contribution in [3.63, 3.8) is 0 Å². The van der Waals surface area contributed by atoms with Crippen LogP contribution in [0.2, 0.25) is 5.02 Å². The average molecular weight is 620 g/mol. The Balaban J connectivity index is 1.57. The summed E-state index contributed by atoms with van der Waals surface area (Å²) in [7, 11) is 1.51. The first-order valence-electron chi connectivity index (χ1n) is 13.6. The minimum absolute atomic E-state index is 0.0161. The van der Waals surface area contributed by atoms with Crippen LogP contribution in [0.15, 0.2) is 108 Å². The number of hydrogen-bond donors (Lipinski definition) is 0. The molecule has 4 aromatic carbocycles. The van der Waals surface area contributed by atoms with E-state index in [1.165, 1.54) is 48.4 Å². The Morgan fingerprint density at radius 2 is 1.57 bits per heavy atom. The zero-order valence-electron chi connectivity index (χ0n) is 23.3. The van der Waals surface area contributed by atoms with E-state index in [2.05, 4.69) is 4.99 Å². The largest absolute Gasteiger partial charge is 0.497 e. The monoisotopic (exact) mass is 619 g/mol. The van der Waals surface area contributed by atoms with Crippen molar-refractivity contribution in [1.82, 2.24) is 4.90 Å². The van der Waals surface area contributed by atoms with Crippen molar-refractivity contribution in [2.75, 3.05) is 12.0 Å². The second-order valence-corrected chi connectivity index (χ2v) is 10.8. The molecule has 2 aliphatic heterocycles. The number of nitrogens with zero attached hydrogens (tertiary/aromatic N) is 3. The molecular formula is C33H25ClF3N3O4. The number of anilines is 1. The third-order valence-corrected chi connectivity index (χ3v) is 8.17. The van der Waals surface area contributed by atoms with Crippen molar-refractivity contribution in [3.05, 3.63) is 130 Å². The molecule has 4 aromatic rings. The number of esters is 1. The van der Waals surface area contributed by atoms with Gasteiger partial charge >= 0.3 is 18.2 Å². The van der Waals surface area contributed by atoms with Gasteiger partial charge in [0.05, 0.1) is 25.7 Å². The van der Waals surface area contributed by atoms with E-state index in [0.717, 1.165) is 12.4 Å². The number of urea groups is 1. The van der Waals surface area contributed by atoms with Gasteiger partial charge in [-0.1, -0.05) is 84.4 Å². The van der Waals surface area contributed by atoms with Gasteiger partial charge < -0.3 is 9.47 Å². The van der Waals surface area contributed by atoms with Crippen LogP contribution in [0.3, 0.4) is 0 Å². The van der Waals surface area contributed by atoms with Crippen LogP contribution in [0, 0.1) is 0 Å². The van der Waals surface area contributed by atoms with E-state index in [4.69, 9.17) is 21.1 Å². The second-order valence-electron chi connectivity index (χ2n) is 10.3. The van der Waals surface area contributed by atoms with E-state index in [-0.39, 0.29) is 29.4 Å². The van der Waals surface area contributed by atoms with Gasteiger partial charge in [-0.3, -0.25) is 9.80 Å². The lowest BCUT2D eigenvalue weighted by Gasteiger charge is -2.52. The predicted molar refractivity (Wildman–Crippen MR) is 158 cm³/mol. The summed E-state index contributed by atoms with van der Waals surface area (Å²) < 4.78 is 59.0. The van der Waals surface area contributed by atoms with E-state index >= 15 is 13.2 Å². The first-order valence-corrected chi connectivity index (χ1v) is 13.9. The first kappa shape index (κ1) is 29.3. The van der Waals surface area contributed by atoms with Crippen molar-refractivity contribution >= 4 is 35.6 Å². The molecule has 0 radical (unpaired) electrons. The summed E-state index contributed by atoms with van der Waals surface area (Å²) in [4.78, 5) is 34.4. The molecule has 0 saturated carbocycles. The van der Waals surface area contributed by atoms with Crippen molar-refractivity contribution < 1.29 is 32.2 Å². The lowest BCUT2D eigenvalue weighted by atomic mass is 9.66. The number of carbonyl (C=O) groups is 2. The van der Waals surface area contributed by atoms with E-state index in [1.807, 2.05) is 0 Å². The molecule has 0 spiro atoms. The molecule has 6 rings (SSSR count). The number of carbonyl (C=O) groups excluding carboxylic acids is 2. The Kier molecular flexibility index (Phi) is 7.33. The highest BCUT2D eigenvalue weighted by Crippen LogP contribution is 2.63. The molecule has 2 heterocycles. The Morgan fingerprint density at radius 1 is 0.909 bits per heavy atom. The molecule has 44 heavy (non-hydrogen) atoms. The fourth-order valence-corrected chi connectivity index (χ4v) is 6.12. The molecule has 0 saturated heterocycles. The van der Waals surface area contributed by atoms with Crippen LogP contribution in [0.5, 0.6) is 5.75 Å². The van der Waals surface area contributed by atoms with Gasteiger partial charge in [0.2, 0.25) is 11.1 Å². The van der Waals surface area contributed by atoms with E-state index in [9.17, 15) is 9.59 Å². The maximum Gasteiger partial charge on any atom is 0.419 e. The first-order chi connectivity index (χ1) is 21.1. The number of amides is 2. The van der Waals surface area contributed by atoms with Crippen molar-refractivity contribution in [3.8, 4) is 5.75 Å². The normalized spacial score (nSPS) is 20.7. The predicted octanol–water partition coefficient (Wildman–Crippen LogP) is 7.23. The van der Waals surface area contributed by atoms with Gasteiger partial charge in [-0.25, -0.2) is 14.6 Å². The highest BCUT2D eigenvalue weighted by atomic mass is 35.5. The standard InChI is InChI=1S/C33H25ClF3N3O4/c1-43-26-15-12-22(13-16-26)19-39-28-17-14-25(34)18-27(28)32(33(35,36)37)31(24-10-6-3-7-11-24,38-21-40(32)30(39)42)29(41)44-20-23-8-4-2-5-9-23/h2-18,21H,19-20H2,1H3/t31-,32?/m0/s1. The third-order valence-electron chi connectivity index (χ3n) is 7.94. The molecule has 7 nitrogen and oxygen atoms in total. The average Bonchev–Trinajstić information content (AvgIpc) is 3.42. The lowest BCUT2D eigenvalue weighted by molar-refractivity contribution is -0.240. The number of ether oxygens (including phenoxy) is 2. The lowest BCUT2D eigenvalue weighted by Crippen LogP contribution is -2.70. The number of halogens is 4. The van der Waals surface area contributed by atoms with Crippen LogP contribution in [0.1, 0.15) is 22.3 Å². The minimum atomic E-state index is -5.24. The summed E-state index contributed by atoms with van der Waals surface area (Å²) in [5.41, 5.74) is -5.47. The number of hydrogen-bond acceptors (Lipinski definition) is 5. The topological polar surface area (TPSA) is 71.4 Å². The summed E-state index contributed by atoms with van der Waals surface area (Å²) in [5, 5.41) is -0.0161. The van der Waals surface area contributed by atoms with Crippen LogP contribution in [-0.4, -0.2) is 36.5 Å². The van der Waals surface area contributed by atoms with Crippen LogP contribution >= 0.6 is 11.6 Å². The number of fused-ring (bicyclic) bond motifs is 3. The summed E-state index contributed by atoms with van der Waals surface area (Å²) in [6.07, 6.45) is -4.45. The number of aliphatic imine (C=N–C) groups is 1. The molecule has 0 fully saturated rings. The summed E-state index contributed by atoms with van der Waals surface area (Å²) in [5.74, 6) is -0.693. The molecule has 0 aromatic heterocycles. The number of benzene rings is 4. The molecule has 0 bridgehead atoms. The maximum atomic E-state index is 16.1. The van der Waals surface area contributed by atoms with Crippen molar-refractivity contribution in [2.24, 2.45) is 4.99 Å². The van der Waals surface area contributed by atoms with Crippen LogP contribution in [0.25, 0.3) is 0 Å². The molecular weight excluding hydrogens is 595 g/mol. The summed E-state index contributed by atoms with van der Waals surface area (Å²) in [6.45, 7) is -0.385. The maximum absolute atomic E-state index is 16.1.